The molecule has 1 aromatic carbocycles. The number of benzene rings is 1. The van der Waals surface area contributed by atoms with Gasteiger partial charge in [0.15, 0.2) is 0 Å². The predicted octanol–water partition coefficient (Wildman–Crippen LogP) is 1.32. The molecule has 0 saturated heterocycles. The molecule has 56 valence electrons. The maximum Gasteiger partial charge on any atom is 0.334 e. The highest BCUT2D eigenvalue weighted by Crippen LogP contribution is 2.21. The molecule has 3 heteroatoms. The van der Waals surface area contributed by atoms with Crippen LogP contribution >= 0.6 is 0 Å². The number of hydrogen-bond donors (Lipinski definition) is 0. The second kappa shape index (κ2) is 2.34. The second-order valence-corrected chi connectivity index (χ2v) is 2.52. The number of hydrogen-bond acceptors (Lipinski definition) is 2. The molecule has 0 fully saturated rings. The van der Waals surface area contributed by atoms with Gasteiger partial charge < -0.3 is 4.74 Å². The first-order valence-corrected chi connectivity index (χ1v) is 3.49. The summed E-state index contributed by atoms with van der Waals surface area (Å²) in [5.74, 6) is 0.833. The minimum Gasteiger partial charge on any atom is -0.432 e. The van der Waals surface area contributed by atoms with Gasteiger partial charge in [0.05, 0.1) is 5.56 Å². The van der Waals surface area contributed by atoms with Crippen LogP contribution in [-0.2, 0) is 6.54 Å². The van der Waals surface area contributed by atoms with Crippen LogP contribution in [0.5, 0.6) is 5.75 Å². The fraction of sp³-hybridized carbons (Fsp3) is 0.250. The summed E-state index contributed by atoms with van der Waals surface area (Å²) in [7, 11) is 0. The van der Waals surface area contributed by atoms with E-state index in [-0.39, 0.29) is 6.73 Å². The summed E-state index contributed by atoms with van der Waals surface area (Å²) in [5, 5.41) is 0. The molecular weight excluding hydrogens is 142 g/mol. The summed E-state index contributed by atoms with van der Waals surface area (Å²) in [6.07, 6.45) is 0. The molecule has 1 aliphatic heterocycles. The molecule has 0 atom stereocenters. The van der Waals surface area contributed by atoms with Gasteiger partial charge in [-0.25, -0.2) is 0 Å². The largest absolute Gasteiger partial charge is 0.432 e. The minimum atomic E-state index is 0.150. The van der Waals surface area contributed by atoms with Crippen LogP contribution in [0, 0.1) is 4.91 Å². The van der Waals surface area contributed by atoms with E-state index in [9.17, 15) is 4.91 Å². The lowest BCUT2D eigenvalue weighted by molar-refractivity contribution is -0.598. The van der Waals surface area contributed by atoms with Crippen LogP contribution in [-0.4, -0.2) is 11.5 Å². The fourth-order valence-electron chi connectivity index (χ4n) is 1.15. The molecule has 11 heavy (non-hydrogen) atoms. The van der Waals surface area contributed by atoms with E-state index in [0.717, 1.165) is 16.1 Å². The minimum absolute atomic E-state index is 0.150. The van der Waals surface area contributed by atoms with Gasteiger partial charge in [0.1, 0.15) is 5.75 Å². The molecule has 0 N–H and O–H groups in total. The van der Waals surface area contributed by atoms with Crippen LogP contribution < -0.4 is 4.74 Å². The van der Waals surface area contributed by atoms with E-state index in [1.807, 2.05) is 24.3 Å². The normalized spacial score (nSPS) is 15.5. The molecule has 0 spiro atoms. The highest BCUT2D eigenvalue weighted by atomic mass is 16.5. The van der Waals surface area contributed by atoms with Gasteiger partial charge in [0.2, 0.25) is 6.54 Å². The Morgan fingerprint density at radius 2 is 2.18 bits per heavy atom. The lowest BCUT2D eigenvalue weighted by atomic mass is 10.2. The number of nitrogens with zero attached hydrogens (tertiary/aromatic N) is 1. The zero-order valence-electron chi connectivity index (χ0n) is 5.99. The Hall–Kier alpha value is -1.38. The maximum absolute atomic E-state index is 10.8. The molecule has 0 bridgehead atoms. The Kier molecular flexibility index (Phi) is 1.35. The molecule has 0 radical (unpaired) electrons. The average molecular weight is 150 g/mol. The van der Waals surface area contributed by atoms with E-state index in [1.165, 1.54) is 0 Å². The lowest BCUT2D eigenvalue weighted by Crippen LogP contribution is -2.20. The third-order valence-corrected chi connectivity index (χ3v) is 1.68. The van der Waals surface area contributed by atoms with Crippen molar-refractivity contribution >= 4 is 0 Å². The van der Waals surface area contributed by atoms with Crippen molar-refractivity contribution in [3.8, 4) is 5.75 Å². The Bertz CT molecular complexity index is 296. The van der Waals surface area contributed by atoms with Gasteiger partial charge in [-0.15, -0.1) is 0 Å². The van der Waals surface area contributed by atoms with Crippen molar-refractivity contribution in [2.75, 3.05) is 6.73 Å². The summed E-state index contributed by atoms with van der Waals surface area (Å²) in [6.45, 7) is 0.590. The Labute approximate surface area is 64.2 Å². The number of fused-ring (bicyclic) bond motifs is 1. The van der Waals surface area contributed by atoms with Crippen LogP contribution in [0.4, 0.5) is 0 Å². The first-order chi connectivity index (χ1) is 5.36. The molecule has 1 aliphatic rings. The molecular formula is C8H8NO2+. The molecule has 2 rings (SSSR count). The van der Waals surface area contributed by atoms with Gasteiger partial charge in [-0.3, -0.25) is 0 Å². The topological polar surface area (TPSA) is 29.3 Å². The summed E-state index contributed by atoms with van der Waals surface area (Å²) >= 11 is 0. The number of para-hydroxylation sites is 1. The Morgan fingerprint density at radius 3 is 3.09 bits per heavy atom. The number of ether oxygens (including phenoxy) is 1. The standard InChI is InChI=1S/C8H8NO2/c10-9-5-7-3-1-2-4-8(7)11-6-9/h1-4H,5-6H2/q+1. The van der Waals surface area contributed by atoms with Crippen molar-refractivity contribution in [1.29, 1.82) is 0 Å². The van der Waals surface area contributed by atoms with Gasteiger partial charge in [-0.05, 0) is 12.1 Å². The van der Waals surface area contributed by atoms with Gasteiger partial charge >= 0.3 is 6.73 Å². The molecule has 0 aromatic heterocycles. The van der Waals surface area contributed by atoms with Crippen LogP contribution in [0.1, 0.15) is 5.56 Å². The fourth-order valence-corrected chi connectivity index (χ4v) is 1.15. The van der Waals surface area contributed by atoms with E-state index in [0.29, 0.717) is 6.54 Å². The first kappa shape index (κ1) is 6.34. The van der Waals surface area contributed by atoms with Crippen molar-refractivity contribution in [1.82, 2.24) is 0 Å². The van der Waals surface area contributed by atoms with Gasteiger partial charge in [-0.2, -0.15) is 0 Å². The molecule has 1 heterocycles. The van der Waals surface area contributed by atoms with Crippen molar-refractivity contribution in [2.24, 2.45) is 0 Å². The monoisotopic (exact) mass is 150 g/mol. The van der Waals surface area contributed by atoms with E-state index in [1.54, 1.807) is 0 Å². The van der Waals surface area contributed by atoms with E-state index in [4.69, 9.17) is 4.74 Å². The summed E-state index contributed by atoms with van der Waals surface area (Å²) in [4.78, 5) is 10.8. The number of rotatable bonds is 0. The van der Waals surface area contributed by atoms with Crippen molar-refractivity contribution in [2.45, 2.75) is 6.54 Å². The molecule has 0 amide bonds. The van der Waals surface area contributed by atoms with Crippen molar-refractivity contribution < 1.29 is 9.50 Å². The predicted molar refractivity (Wildman–Crippen MR) is 39.3 cm³/mol. The van der Waals surface area contributed by atoms with Crippen LogP contribution in [0.2, 0.25) is 0 Å². The summed E-state index contributed by atoms with van der Waals surface area (Å²) < 4.78 is 6.04. The highest BCUT2D eigenvalue weighted by molar-refractivity contribution is 5.32. The van der Waals surface area contributed by atoms with Gasteiger partial charge in [-0.1, -0.05) is 12.1 Å². The third kappa shape index (κ3) is 1.09. The molecule has 1 aromatic rings. The van der Waals surface area contributed by atoms with Gasteiger partial charge in [0, 0.05) is 9.67 Å². The van der Waals surface area contributed by atoms with Crippen LogP contribution in [0.15, 0.2) is 24.3 Å². The van der Waals surface area contributed by atoms with Crippen molar-refractivity contribution in [3.05, 3.63) is 34.7 Å². The molecule has 0 aliphatic carbocycles. The molecule has 0 saturated carbocycles. The first-order valence-electron chi connectivity index (χ1n) is 3.49. The molecule has 3 nitrogen and oxygen atoms in total. The van der Waals surface area contributed by atoms with Crippen LogP contribution in [0.25, 0.3) is 0 Å². The average Bonchev–Trinajstić information content (AvgIpc) is 2.04. The maximum atomic E-state index is 10.8. The van der Waals surface area contributed by atoms with E-state index < -0.39 is 0 Å². The SMILES string of the molecule is O=[N+]1COc2ccccc2C1. The third-order valence-electron chi connectivity index (χ3n) is 1.68. The van der Waals surface area contributed by atoms with E-state index in [2.05, 4.69) is 0 Å². The highest BCUT2D eigenvalue weighted by Gasteiger charge is 2.20. The molecule has 0 unspecified atom stereocenters. The second-order valence-electron chi connectivity index (χ2n) is 2.52. The summed E-state index contributed by atoms with van der Waals surface area (Å²) in [5.41, 5.74) is 0.966. The van der Waals surface area contributed by atoms with Crippen LogP contribution in [0.3, 0.4) is 0 Å². The zero-order chi connectivity index (χ0) is 7.68. The zero-order valence-corrected chi connectivity index (χ0v) is 5.99. The summed E-state index contributed by atoms with van der Waals surface area (Å²) in [6, 6.07) is 7.59. The lowest BCUT2D eigenvalue weighted by Gasteiger charge is -2.09. The Morgan fingerprint density at radius 1 is 1.36 bits per heavy atom. The van der Waals surface area contributed by atoms with Gasteiger partial charge in [0.25, 0.3) is 0 Å². The van der Waals surface area contributed by atoms with Crippen molar-refractivity contribution in [3.63, 3.8) is 0 Å². The quantitative estimate of drug-likeness (QED) is 0.522. The van der Waals surface area contributed by atoms with E-state index >= 15 is 0 Å². The smallest absolute Gasteiger partial charge is 0.334 e. The Balaban J connectivity index is 2.41. The number of nitroso groups, excluding NO2 is 1.